The Morgan fingerprint density at radius 2 is 1.80 bits per heavy atom. The number of fused-ring (bicyclic) bond motifs is 1. The molecule has 0 atom stereocenters. The quantitative estimate of drug-likeness (QED) is 0.279. The van der Waals surface area contributed by atoms with Crippen molar-refractivity contribution in [3.05, 3.63) is 83.6 Å². The van der Waals surface area contributed by atoms with Crippen LogP contribution in [-0.4, -0.2) is 59.3 Å². The van der Waals surface area contributed by atoms with Crippen molar-refractivity contribution in [2.75, 3.05) is 37.0 Å². The van der Waals surface area contributed by atoms with Gasteiger partial charge in [-0.2, -0.15) is 18.3 Å². The molecular formula is C32H31F3N6O4. The Balaban J connectivity index is 1.08. The van der Waals surface area contributed by atoms with Gasteiger partial charge in [0.2, 0.25) is 5.91 Å². The molecule has 2 N–H and O–H groups in total. The average molecular weight is 621 g/mol. The second kappa shape index (κ2) is 12.2. The number of methoxy groups -OCH3 is 1. The number of anilines is 2. The van der Waals surface area contributed by atoms with Crippen molar-refractivity contribution in [1.82, 2.24) is 20.0 Å². The number of amides is 4. The molecule has 0 bridgehead atoms. The fourth-order valence-electron chi connectivity index (χ4n) is 5.75. The molecule has 3 heterocycles. The van der Waals surface area contributed by atoms with Crippen LogP contribution in [0.4, 0.5) is 29.3 Å². The summed E-state index contributed by atoms with van der Waals surface area (Å²) in [4.78, 5) is 40.3. The van der Waals surface area contributed by atoms with Gasteiger partial charge in [0.1, 0.15) is 5.75 Å². The highest BCUT2D eigenvalue weighted by molar-refractivity contribution is 6.06. The van der Waals surface area contributed by atoms with Crippen molar-refractivity contribution in [2.45, 2.75) is 38.0 Å². The number of carbonyl (C=O) groups is 3. The van der Waals surface area contributed by atoms with Crippen molar-refractivity contribution in [3.8, 4) is 5.75 Å². The number of piperidine rings is 1. The van der Waals surface area contributed by atoms with Gasteiger partial charge in [-0.05, 0) is 54.8 Å². The van der Waals surface area contributed by atoms with Gasteiger partial charge in [-0.1, -0.05) is 18.2 Å². The van der Waals surface area contributed by atoms with E-state index in [2.05, 4.69) is 15.5 Å². The van der Waals surface area contributed by atoms with E-state index in [1.54, 1.807) is 17.0 Å². The molecule has 4 aromatic rings. The van der Waals surface area contributed by atoms with Crippen LogP contribution >= 0.6 is 0 Å². The minimum atomic E-state index is -4.55. The first-order valence-corrected chi connectivity index (χ1v) is 14.6. The zero-order valence-corrected chi connectivity index (χ0v) is 24.4. The number of urea groups is 1. The van der Waals surface area contributed by atoms with E-state index in [9.17, 15) is 27.6 Å². The summed E-state index contributed by atoms with van der Waals surface area (Å²) in [5, 5.41) is 10.5. The molecule has 45 heavy (non-hydrogen) atoms. The molecular weight excluding hydrogens is 589 g/mol. The molecule has 0 spiro atoms. The highest BCUT2D eigenvalue weighted by atomic mass is 19.4. The molecule has 1 aromatic heterocycles. The molecule has 4 amide bonds. The smallest absolute Gasteiger partial charge is 0.416 e. The Morgan fingerprint density at radius 1 is 1.04 bits per heavy atom. The Kier molecular flexibility index (Phi) is 8.19. The summed E-state index contributed by atoms with van der Waals surface area (Å²) >= 11 is 0. The number of benzene rings is 3. The lowest BCUT2D eigenvalue weighted by Gasteiger charge is -2.32. The maximum atomic E-state index is 13.1. The van der Waals surface area contributed by atoms with Crippen LogP contribution in [0.5, 0.6) is 5.75 Å². The lowest BCUT2D eigenvalue weighted by Crippen LogP contribution is -2.49. The van der Waals surface area contributed by atoms with Gasteiger partial charge in [-0.3, -0.25) is 29.4 Å². The van der Waals surface area contributed by atoms with E-state index in [1.807, 2.05) is 35.1 Å². The number of carbonyl (C=O) groups excluding carboxylic acids is 3. The summed E-state index contributed by atoms with van der Waals surface area (Å²) in [5.74, 6) is -0.588. The van der Waals surface area contributed by atoms with E-state index < -0.39 is 23.7 Å². The number of nitrogens with zero attached hydrogens (tertiary/aromatic N) is 4. The monoisotopic (exact) mass is 620 g/mol. The number of alkyl halides is 3. The van der Waals surface area contributed by atoms with E-state index in [4.69, 9.17) is 9.84 Å². The minimum Gasteiger partial charge on any atom is -0.494 e. The number of hydrogen-bond donors (Lipinski definition) is 2. The van der Waals surface area contributed by atoms with Crippen molar-refractivity contribution in [3.63, 3.8) is 0 Å². The SMILES string of the molecule is COc1cc2nn(C3CCN(Cc4ccc(N5CCC(=O)NC5=O)cc4)CC3)cc2cc1NC(=O)c1cccc(C(F)(F)F)c1. The van der Waals surface area contributed by atoms with Crippen LogP contribution < -0.4 is 20.3 Å². The summed E-state index contributed by atoms with van der Waals surface area (Å²) in [6.07, 6.45) is -0.601. The molecule has 0 aliphatic carbocycles. The van der Waals surface area contributed by atoms with Gasteiger partial charge in [-0.25, -0.2) is 4.79 Å². The van der Waals surface area contributed by atoms with E-state index in [0.29, 0.717) is 23.5 Å². The largest absolute Gasteiger partial charge is 0.494 e. The van der Waals surface area contributed by atoms with Gasteiger partial charge in [0.25, 0.3) is 5.91 Å². The molecule has 10 nitrogen and oxygen atoms in total. The molecule has 3 aromatic carbocycles. The van der Waals surface area contributed by atoms with Crippen LogP contribution in [0.2, 0.25) is 0 Å². The number of ether oxygens (including phenoxy) is 1. The molecule has 2 aliphatic rings. The van der Waals surface area contributed by atoms with Gasteiger partial charge in [0.05, 0.1) is 29.9 Å². The summed E-state index contributed by atoms with van der Waals surface area (Å²) in [6.45, 7) is 2.86. The number of aromatic nitrogens is 2. The maximum Gasteiger partial charge on any atom is 0.416 e. The highest BCUT2D eigenvalue weighted by Gasteiger charge is 2.31. The number of likely N-dealkylation sites (tertiary alicyclic amines) is 1. The Labute approximate surface area is 256 Å². The van der Waals surface area contributed by atoms with Crippen LogP contribution in [-0.2, 0) is 17.5 Å². The molecule has 0 saturated carbocycles. The van der Waals surface area contributed by atoms with E-state index in [0.717, 1.165) is 61.2 Å². The first-order chi connectivity index (χ1) is 21.6. The van der Waals surface area contributed by atoms with Gasteiger partial charge >= 0.3 is 12.2 Å². The van der Waals surface area contributed by atoms with Crippen LogP contribution in [0.15, 0.2) is 66.9 Å². The number of imide groups is 1. The van der Waals surface area contributed by atoms with E-state index >= 15 is 0 Å². The molecule has 2 saturated heterocycles. The lowest BCUT2D eigenvalue weighted by atomic mass is 10.0. The van der Waals surface area contributed by atoms with Gasteiger partial charge in [0, 0.05) is 61.5 Å². The van der Waals surface area contributed by atoms with Crippen LogP contribution in [0, 0.1) is 0 Å². The zero-order chi connectivity index (χ0) is 31.7. The van der Waals surface area contributed by atoms with Gasteiger partial charge in [0.15, 0.2) is 0 Å². The Morgan fingerprint density at radius 3 is 2.49 bits per heavy atom. The van der Waals surface area contributed by atoms with Crippen molar-refractivity contribution in [1.29, 1.82) is 0 Å². The van der Waals surface area contributed by atoms with Gasteiger partial charge in [-0.15, -0.1) is 0 Å². The van der Waals surface area contributed by atoms with E-state index in [1.165, 1.54) is 19.2 Å². The van der Waals surface area contributed by atoms with Crippen molar-refractivity contribution in [2.24, 2.45) is 0 Å². The molecule has 2 aliphatic heterocycles. The minimum absolute atomic E-state index is 0.113. The third-order valence-electron chi connectivity index (χ3n) is 8.18. The highest BCUT2D eigenvalue weighted by Crippen LogP contribution is 2.33. The summed E-state index contributed by atoms with van der Waals surface area (Å²) in [6, 6.07) is 15.3. The molecule has 0 radical (unpaired) electrons. The molecule has 0 unspecified atom stereocenters. The number of rotatable bonds is 7. The second-order valence-corrected chi connectivity index (χ2v) is 11.2. The number of halogens is 3. The normalized spacial score (nSPS) is 16.6. The molecule has 6 rings (SSSR count). The third-order valence-corrected chi connectivity index (χ3v) is 8.18. The van der Waals surface area contributed by atoms with Gasteiger partial charge < -0.3 is 10.1 Å². The van der Waals surface area contributed by atoms with Crippen molar-refractivity contribution < 1.29 is 32.3 Å². The Bertz CT molecular complexity index is 1750. The number of nitrogens with one attached hydrogen (secondary N) is 2. The Hall–Kier alpha value is -4.91. The second-order valence-electron chi connectivity index (χ2n) is 11.2. The lowest BCUT2D eigenvalue weighted by molar-refractivity contribution is -0.137. The molecule has 13 heteroatoms. The summed E-state index contributed by atoms with van der Waals surface area (Å²) in [5.41, 5.74) is 1.88. The topological polar surface area (TPSA) is 109 Å². The standard InChI is InChI=1S/C32H31F3N6O4/c1-45-28-17-26-22(16-27(28)36-30(43)21-3-2-4-23(15-21)32(33,34)35)19-41(38-26)25-9-12-39(13-10-25)18-20-5-7-24(8-6-20)40-14-11-29(42)37-31(40)44/h2-8,15-17,19,25H,9-14,18H2,1H3,(H,36,43)(H,37,42,44). The molecule has 2 fully saturated rings. The third kappa shape index (κ3) is 6.63. The fourth-order valence-corrected chi connectivity index (χ4v) is 5.75. The average Bonchev–Trinajstić information content (AvgIpc) is 3.44. The van der Waals surface area contributed by atoms with Crippen molar-refractivity contribution >= 4 is 40.1 Å². The van der Waals surface area contributed by atoms with E-state index in [-0.39, 0.29) is 23.9 Å². The predicted octanol–water partition coefficient (Wildman–Crippen LogP) is 5.60. The first kappa shape index (κ1) is 30.1. The number of hydrogen-bond acceptors (Lipinski definition) is 6. The summed E-state index contributed by atoms with van der Waals surface area (Å²) in [7, 11) is 1.45. The first-order valence-electron chi connectivity index (χ1n) is 14.6. The zero-order valence-electron chi connectivity index (χ0n) is 24.4. The van der Waals surface area contributed by atoms with Crippen LogP contribution in [0.25, 0.3) is 10.9 Å². The van der Waals surface area contributed by atoms with Crippen LogP contribution in [0.1, 0.15) is 46.8 Å². The molecule has 234 valence electrons. The predicted molar refractivity (Wildman–Crippen MR) is 161 cm³/mol. The summed E-state index contributed by atoms with van der Waals surface area (Å²) < 4.78 is 46.8. The fraction of sp³-hybridized carbons (Fsp3) is 0.312. The maximum absolute atomic E-state index is 13.1. The van der Waals surface area contributed by atoms with Crippen LogP contribution in [0.3, 0.4) is 0 Å².